The van der Waals surface area contributed by atoms with E-state index in [1.165, 1.54) is 18.2 Å². The molecule has 1 aromatic heterocycles. The average molecular weight is 295 g/mol. The van der Waals surface area contributed by atoms with Crippen LogP contribution < -0.4 is 0 Å². The summed E-state index contributed by atoms with van der Waals surface area (Å²) >= 11 is 0. The van der Waals surface area contributed by atoms with Crippen LogP contribution in [0.4, 0.5) is 4.39 Å². The summed E-state index contributed by atoms with van der Waals surface area (Å²) in [7, 11) is 0. The number of esters is 1. The van der Waals surface area contributed by atoms with Crippen LogP contribution in [0, 0.1) is 5.82 Å². The molecule has 1 unspecified atom stereocenters. The normalized spacial score (nSPS) is 12.1. The van der Waals surface area contributed by atoms with Crippen LogP contribution in [0.5, 0.6) is 0 Å². The first kappa shape index (κ1) is 14.2. The molecule has 110 valence electrons. The topological polar surface area (TPSA) is 39.2 Å². The van der Waals surface area contributed by atoms with Crippen molar-refractivity contribution >= 4 is 16.9 Å². The molecule has 0 fully saturated rings. The van der Waals surface area contributed by atoms with Crippen LogP contribution in [-0.4, -0.2) is 11.0 Å². The van der Waals surface area contributed by atoms with Gasteiger partial charge >= 0.3 is 5.97 Å². The van der Waals surface area contributed by atoms with Gasteiger partial charge in [-0.1, -0.05) is 24.3 Å². The van der Waals surface area contributed by atoms with Gasteiger partial charge in [0.05, 0.1) is 11.1 Å². The zero-order chi connectivity index (χ0) is 15.5. The van der Waals surface area contributed by atoms with Crippen molar-refractivity contribution in [1.82, 2.24) is 4.98 Å². The van der Waals surface area contributed by atoms with Crippen LogP contribution in [-0.2, 0) is 4.74 Å². The predicted octanol–water partition coefficient (Wildman–Crippen LogP) is 4.29. The summed E-state index contributed by atoms with van der Waals surface area (Å²) < 4.78 is 18.5. The van der Waals surface area contributed by atoms with E-state index in [0.717, 1.165) is 22.5 Å². The molecular weight excluding hydrogens is 281 g/mol. The van der Waals surface area contributed by atoms with E-state index in [0.29, 0.717) is 0 Å². The number of rotatable bonds is 3. The Morgan fingerprint density at radius 1 is 1.14 bits per heavy atom. The first-order valence-corrected chi connectivity index (χ1v) is 6.95. The summed E-state index contributed by atoms with van der Waals surface area (Å²) in [6.45, 7) is 1.77. The highest BCUT2D eigenvalue weighted by atomic mass is 19.1. The number of ether oxygens (including phenoxy) is 1. The van der Waals surface area contributed by atoms with Crippen LogP contribution in [0.1, 0.15) is 28.9 Å². The van der Waals surface area contributed by atoms with E-state index in [1.807, 2.05) is 30.3 Å². The largest absolute Gasteiger partial charge is 0.454 e. The molecule has 0 radical (unpaired) electrons. The predicted molar refractivity (Wildman–Crippen MR) is 82.0 cm³/mol. The molecular formula is C18H14FNO2. The van der Waals surface area contributed by atoms with Crippen LogP contribution in [0.3, 0.4) is 0 Å². The SMILES string of the molecule is CC(OC(=O)c1cccc(F)c1)c1cnc2ccccc2c1. The molecule has 4 heteroatoms. The number of halogens is 1. The number of nitrogens with zero attached hydrogens (tertiary/aromatic N) is 1. The van der Waals surface area contributed by atoms with Gasteiger partial charge in [0.1, 0.15) is 11.9 Å². The van der Waals surface area contributed by atoms with Crippen LogP contribution >= 0.6 is 0 Å². The van der Waals surface area contributed by atoms with Gasteiger partial charge in [0.25, 0.3) is 0 Å². The maximum absolute atomic E-state index is 13.1. The molecule has 0 amide bonds. The third-order valence-electron chi connectivity index (χ3n) is 3.43. The van der Waals surface area contributed by atoms with Crippen molar-refractivity contribution in [3.63, 3.8) is 0 Å². The second-order valence-corrected chi connectivity index (χ2v) is 5.02. The number of aromatic nitrogens is 1. The second kappa shape index (κ2) is 5.93. The van der Waals surface area contributed by atoms with Gasteiger partial charge in [0.2, 0.25) is 0 Å². The lowest BCUT2D eigenvalue weighted by atomic mass is 10.1. The molecule has 2 aromatic carbocycles. The third-order valence-corrected chi connectivity index (χ3v) is 3.43. The summed E-state index contributed by atoms with van der Waals surface area (Å²) in [5.41, 5.74) is 1.87. The maximum Gasteiger partial charge on any atom is 0.338 e. The van der Waals surface area contributed by atoms with Crippen molar-refractivity contribution in [1.29, 1.82) is 0 Å². The number of hydrogen-bond acceptors (Lipinski definition) is 3. The molecule has 3 rings (SSSR count). The Bertz CT molecular complexity index is 832. The number of fused-ring (bicyclic) bond motifs is 1. The fraction of sp³-hybridized carbons (Fsp3) is 0.111. The Morgan fingerprint density at radius 2 is 1.95 bits per heavy atom. The second-order valence-electron chi connectivity index (χ2n) is 5.02. The third kappa shape index (κ3) is 2.96. The Morgan fingerprint density at radius 3 is 2.77 bits per heavy atom. The number of benzene rings is 2. The molecule has 0 N–H and O–H groups in total. The molecule has 3 aromatic rings. The molecule has 0 aliphatic rings. The van der Waals surface area contributed by atoms with Crippen molar-refractivity contribution < 1.29 is 13.9 Å². The number of pyridine rings is 1. The van der Waals surface area contributed by atoms with Gasteiger partial charge in [-0.15, -0.1) is 0 Å². The summed E-state index contributed by atoms with van der Waals surface area (Å²) in [4.78, 5) is 16.4. The van der Waals surface area contributed by atoms with Crippen molar-refractivity contribution in [2.24, 2.45) is 0 Å². The highest BCUT2D eigenvalue weighted by molar-refractivity contribution is 5.89. The van der Waals surface area contributed by atoms with Gasteiger partial charge in [-0.2, -0.15) is 0 Å². The van der Waals surface area contributed by atoms with E-state index in [2.05, 4.69) is 4.98 Å². The lowest BCUT2D eigenvalue weighted by molar-refractivity contribution is 0.0337. The zero-order valence-electron chi connectivity index (χ0n) is 12.0. The van der Waals surface area contributed by atoms with Crippen molar-refractivity contribution in [3.05, 3.63) is 77.7 Å². The van der Waals surface area contributed by atoms with Gasteiger partial charge in [0.15, 0.2) is 0 Å². The van der Waals surface area contributed by atoms with Crippen LogP contribution in [0.15, 0.2) is 60.8 Å². The van der Waals surface area contributed by atoms with E-state index in [1.54, 1.807) is 13.1 Å². The van der Waals surface area contributed by atoms with Crippen molar-refractivity contribution in [3.8, 4) is 0 Å². The molecule has 0 saturated carbocycles. The van der Waals surface area contributed by atoms with E-state index in [9.17, 15) is 9.18 Å². The van der Waals surface area contributed by atoms with E-state index < -0.39 is 17.9 Å². The van der Waals surface area contributed by atoms with Crippen molar-refractivity contribution in [2.45, 2.75) is 13.0 Å². The van der Waals surface area contributed by atoms with Crippen LogP contribution in [0.25, 0.3) is 10.9 Å². The minimum absolute atomic E-state index is 0.195. The smallest absolute Gasteiger partial charge is 0.338 e. The lowest BCUT2D eigenvalue weighted by Gasteiger charge is -2.14. The number of carbonyl (C=O) groups is 1. The minimum Gasteiger partial charge on any atom is -0.454 e. The Balaban J connectivity index is 1.80. The number of hydrogen-bond donors (Lipinski definition) is 0. The fourth-order valence-corrected chi connectivity index (χ4v) is 2.22. The first-order valence-electron chi connectivity index (χ1n) is 6.95. The number of para-hydroxylation sites is 1. The highest BCUT2D eigenvalue weighted by Gasteiger charge is 2.15. The van der Waals surface area contributed by atoms with E-state index >= 15 is 0 Å². The van der Waals surface area contributed by atoms with Crippen molar-refractivity contribution in [2.75, 3.05) is 0 Å². The highest BCUT2D eigenvalue weighted by Crippen LogP contribution is 2.22. The van der Waals surface area contributed by atoms with Gasteiger partial charge in [-0.25, -0.2) is 9.18 Å². The lowest BCUT2D eigenvalue weighted by Crippen LogP contribution is -2.09. The Labute approximate surface area is 127 Å². The van der Waals surface area contributed by atoms with Gasteiger partial charge in [-0.05, 0) is 37.3 Å². The number of carbonyl (C=O) groups excluding carboxylic acids is 1. The van der Waals surface area contributed by atoms with Gasteiger partial charge < -0.3 is 4.74 Å². The minimum atomic E-state index is -0.555. The monoisotopic (exact) mass is 295 g/mol. The van der Waals surface area contributed by atoms with Crippen LogP contribution in [0.2, 0.25) is 0 Å². The van der Waals surface area contributed by atoms with E-state index in [-0.39, 0.29) is 5.56 Å². The average Bonchev–Trinajstić information content (AvgIpc) is 2.54. The summed E-state index contributed by atoms with van der Waals surface area (Å²) in [5.74, 6) is -1.02. The summed E-state index contributed by atoms with van der Waals surface area (Å²) in [5, 5.41) is 0.980. The molecule has 3 nitrogen and oxygen atoms in total. The molecule has 22 heavy (non-hydrogen) atoms. The first-order chi connectivity index (χ1) is 10.6. The quantitative estimate of drug-likeness (QED) is 0.677. The molecule has 0 bridgehead atoms. The van der Waals surface area contributed by atoms with E-state index in [4.69, 9.17) is 4.74 Å². The zero-order valence-corrected chi connectivity index (χ0v) is 12.0. The Kier molecular flexibility index (Phi) is 3.83. The summed E-state index contributed by atoms with van der Waals surface area (Å²) in [6.07, 6.45) is 1.22. The molecule has 0 saturated heterocycles. The molecule has 1 atom stereocenters. The fourth-order valence-electron chi connectivity index (χ4n) is 2.22. The Hall–Kier alpha value is -2.75. The van der Waals surface area contributed by atoms with Gasteiger partial charge in [0, 0.05) is 17.1 Å². The molecule has 0 aliphatic carbocycles. The standard InChI is InChI=1S/C18H14FNO2/c1-12(22-18(21)14-6-4-7-16(19)10-14)15-9-13-5-2-3-8-17(13)20-11-15/h2-12H,1H3. The molecule has 1 heterocycles. The molecule has 0 aliphatic heterocycles. The maximum atomic E-state index is 13.1. The summed E-state index contributed by atoms with van der Waals surface area (Å²) in [6, 6.07) is 15.1. The molecule has 0 spiro atoms. The van der Waals surface area contributed by atoms with Gasteiger partial charge in [-0.3, -0.25) is 4.98 Å².